The number of nitrogens with zero attached hydrogens (tertiary/aromatic N) is 2. The number of carbonyl (C=O) groups excluding carboxylic acids is 1. The van der Waals surface area contributed by atoms with Gasteiger partial charge in [-0.1, -0.05) is 59.9 Å². The van der Waals surface area contributed by atoms with Gasteiger partial charge in [-0.05, 0) is 71.0 Å². The van der Waals surface area contributed by atoms with E-state index in [-0.39, 0.29) is 17.7 Å². The van der Waals surface area contributed by atoms with Crippen LogP contribution in [0.25, 0.3) is 11.8 Å². The van der Waals surface area contributed by atoms with E-state index in [0.29, 0.717) is 32.1 Å². The normalized spacial score (nSPS) is 15.0. The molecule has 0 bridgehead atoms. The first-order valence-electron chi connectivity index (χ1n) is 12.2. The minimum atomic E-state index is -0.797. The Balaban J connectivity index is 1.84. The van der Waals surface area contributed by atoms with Gasteiger partial charge in [0, 0.05) is 9.13 Å². The summed E-state index contributed by atoms with van der Waals surface area (Å²) in [5.74, 6) is 0.488. The molecule has 0 saturated heterocycles. The lowest BCUT2D eigenvalue weighted by molar-refractivity contribution is -0.138. The van der Waals surface area contributed by atoms with Gasteiger partial charge in [0.1, 0.15) is 0 Å². The number of hydrogen-bond donors (Lipinski definition) is 0. The molecule has 1 aliphatic heterocycles. The van der Waals surface area contributed by atoms with Gasteiger partial charge in [0.15, 0.2) is 16.3 Å². The van der Waals surface area contributed by atoms with E-state index in [2.05, 4.69) is 22.6 Å². The van der Waals surface area contributed by atoms with E-state index in [1.807, 2.05) is 66.7 Å². The number of ether oxygens (including phenoxy) is 3. The summed E-state index contributed by atoms with van der Waals surface area (Å²) in [6, 6.07) is 21.9. The number of hydrogen-bond acceptors (Lipinski definition) is 7. The molecule has 9 heteroatoms. The van der Waals surface area contributed by atoms with Crippen LogP contribution in [0.15, 0.2) is 88.2 Å². The van der Waals surface area contributed by atoms with Crippen molar-refractivity contribution in [3.8, 4) is 11.5 Å². The highest BCUT2D eigenvalue weighted by Gasteiger charge is 2.35. The second-order valence-corrected chi connectivity index (χ2v) is 10.9. The van der Waals surface area contributed by atoms with Gasteiger partial charge in [0.05, 0.1) is 42.7 Å². The molecule has 7 nitrogen and oxygen atoms in total. The maximum Gasteiger partial charge on any atom is 0.338 e. The molecule has 2 heterocycles. The van der Waals surface area contributed by atoms with Crippen LogP contribution < -0.4 is 24.4 Å². The van der Waals surface area contributed by atoms with E-state index in [9.17, 15) is 9.59 Å². The van der Waals surface area contributed by atoms with Crippen molar-refractivity contribution in [1.82, 2.24) is 4.57 Å². The van der Waals surface area contributed by atoms with Crippen LogP contribution >= 0.6 is 33.9 Å². The summed E-state index contributed by atoms with van der Waals surface area (Å²) in [5, 5.41) is 0. The number of carbonyl (C=O) groups is 1. The molecule has 0 saturated carbocycles. The number of esters is 1. The molecular weight excluding hydrogens is 627 g/mol. The Morgan fingerprint density at radius 1 is 1.03 bits per heavy atom. The van der Waals surface area contributed by atoms with Gasteiger partial charge in [-0.25, -0.2) is 9.79 Å². The molecule has 0 N–H and O–H groups in total. The number of benzene rings is 3. The molecule has 5 rings (SSSR count). The van der Waals surface area contributed by atoms with Crippen LogP contribution in [0.2, 0.25) is 0 Å². The highest BCUT2D eigenvalue weighted by atomic mass is 127. The van der Waals surface area contributed by atoms with Gasteiger partial charge in [-0.15, -0.1) is 0 Å². The number of methoxy groups -OCH3 is 2. The zero-order valence-corrected chi connectivity index (χ0v) is 24.5. The summed E-state index contributed by atoms with van der Waals surface area (Å²) in [6.07, 6.45) is 1.85. The molecular formula is C30H25IN2O5S. The minimum Gasteiger partial charge on any atom is -0.493 e. The zero-order valence-electron chi connectivity index (χ0n) is 21.5. The van der Waals surface area contributed by atoms with Gasteiger partial charge in [-0.3, -0.25) is 9.36 Å². The fraction of sp³-hybridized carbons (Fsp3) is 0.167. The average molecular weight is 653 g/mol. The van der Waals surface area contributed by atoms with Crippen LogP contribution in [0.1, 0.15) is 29.7 Å². The Morgan fingerprint density at radius 2 is 1.74 bits per heavy atom. The topological polar surface area (TPSA) is 79.1 Å². The van der Waals surface area contributed by atoms with E-state index in [0.717, 1.165) is 14.7 Å². The highest BCUT2D eigenvalue weighted by molar-refractivity contribution is 14.1. The summed E-state index contributed by atoms with van der Waals surface area (Å²) in [6.45, 7) is 1.93. The fourth-order valence-corrected chi connectivity index (χ4v) is 5.85. The van der Waals surface area contributed by atoms with Gasteiger partial charge in [0.2, 0.25) is 0 Å². The maximum atomic E-state index is 14.0. The van der Waals surface area contributed by atoms with Crippen molar-refractivity contribution >= 4 is 51.7 Å². The summed E-state index contributed by atoms with van der Waals surface area (Å²) in [5.41, 5.74) is 2.82. The van der Waals surface area contributed by atoms with Crippen LogP contribution in [0.5, 0.6) is 11.5 Å². The summed E-state index contributed by atoms with van der Waals surface area (Å²) in [7, 11) is 3.11. The van der Waals surface area contributed by atoms with E-state index in [4.69, 9.17) is 19.2 Å². The molecule has 198 valence electrons. The Morgan fingerprint density at radius 3 is 2.41 bits per heavy atom. The molecule has 0 amide bonds. The number of fused-ring (bicyclic) bond motifs is 1. The molecule has 0 radical (unpaired) electrons. The standard InChI is InChI=1S/C30H25IN2O5S/c1-4-38-29(35)25-26(19-8-6-5-7-9-19)32-30-33(27(25)20-12-15-22(36-2)23(17-20)37-3)28(34)24(39-30)16-18-10-13-21(31)14-11-18/h5-17,27H,4H2,1-3H3/b24-16-/t27-/m0/s1. The predicted octanol–water partition coefficient (Wildman–Crippen LogP) is 4.56. The molecule has 1 aromatic heterocycles. The van der Waals surface area contributed by atoms with Crippen LogP contribution in [0.3, 0.4) is 0 Å². The molecule has 0 fully saturated rings. The van der Waals surface area contributed by atoms with Crippen molar-refractivity contribution in [2.75, 3.05) is 20.8 Å². The van der Waals surface area contributed by atoms with Crippen molar-refractivity contribution in [1.29, 1.82) is 0 Å². The number of rotatable bonds is 7. The minimum absolute atomic E-state index is 0.181. The molecule has 0 unspecified atom stereocenters. The summed E-state index contributed by atoms with van der Waals surface area (Å²) in [4.78, 5) is 32.9. The first kappa shape index (κ1) is 26.9. The quantitative estimate of drug-likeness (QED) is 0.216. The lowest BCUT2D eigenvalue weighted by Crippen LogP contribution is -2.40. The van der Waals surface area contributed by atoms with Gasteiger partial charge < -0.3 is 14.2 Å². The third-order valence-electron chi connectivity index (χ3n) is 6.26. The van der Waals surface area contributed by atoms with E-state index in [1.54, 1.807) is 37.8 Å². The van der Waals surface area contributed by atoms with Crippen molar-refractivity contribution in [2.45, 2.75) is 13.0 Å². The van der Waals surface area contributed by atoms with Gasteiger partial charge >= 0.3 is 5.97 Å². The smallest absolute Gasteiger partial charge is 0.338 e. The highest BCUT2D eigenvalue weighted by Crippen LogP contribution is 2.38. The second kappa shape index (κ2) is 11.6. The second-order valence-electron chi connectivity index (χ2n) is 8.60. The lowest BCUT2D eigenvalue weighted by atomic mass is 9.93. The summed E-state index contributed by atoms with van der Waals surface area (Å²) < 4.78 is 19.7. The molecule has 39 heavy (non-hydrogen) atoms. The Bertz CT molecular complexity index is 1740. The van der Waals surface area contributed by atoms with E-state index < -0.39 is 12.0 Å². The first-order valence-corrected chi connectivity index (χ1v) is 14.1. The largest absolute Gasteiger partial charge is 0.493 e. The Labute approximate surface area is 242 Å². The van der Waals surface area contributed by atoms with Crippen LogP contribution in [0.4, 0.5) is 0 Å². The van der Waals surface area contributed by atoms with Gasteiger partial charge in [0.25, 0.3) is 5.56 Å². The lowest BCUT2D eigenvalue weighted by Gasteiger charge is -2.26. The molecule has 0 aliphatic carbocycles. The number of halogens is 1. The van der Waals surface area contributed by atoms with Gasteiger partial charge in [-0.2, -0.15) is 0 Å². The van der Waals surface area contributed by atoms with Crippen LogP contribution in [-0.4, -0.2) is 31.4 Å². The maximum absolute atomic E-state index is 14.0. The molecule has 1 atom stereocenters. The molecule has 0 spiro atoms. The van der Waals surface area contributed by atoms with Crippen LogP contribution in [-0.2, 0) is 9.53 Å². The van der Waals surface area contributed by atoms with Crippen molar-refractivity contribution < 1.29 is 19.0 Å². The average Bonchev–Trinajstić information content (AvgIpc) is 3.27. The van der Waals surface area contributed by atoms with E-state index >= 15 is 0 Å². The van der Waals surface area contributed by atoms with Crippen molar-refractivity contribution in [2.24, 2.45) is 4.99 Å². The fourth-order valence-electron chi connectivity index (χ4n) is 4.49. The molecule has 4 aromatic rings. The first-order chi connectivity index (χ1) is 18.9. The Kier molecular flexibility index (Phi) is 7.99. The van der Waals surface area contributed by atoms with Crippen molar-refractivity contribution in [3.63, 3.8) is 0 Å². The Hall–Kier alpha value is -3.70. The van der Waals surface area contributed by atoms with E-state index in [1.165, 1.54) is 11.3 Å². The third kappa shape index (κ3) is 5.28. The predicted molar refractivity (Wildman–Crippen MR) is 160 cm³/mol. The summed E-state index contributed by atoms with van der Waals surface area (Å²) >= 11 is 3.53. The third-order valence-corrected chi connectivity index (χ3v) is 7.97. The SMILES string of the molecule is CCOC(=O)C1=C(c2ccccc2)N=c2s/c(=C\c3ccc(I)cc3)c(=O)n2[C@H]1c1ccc(OC)c(OC)c1. The molecule has 1 aliphatic rings. The molecule has 3 aromatic carbocycles. The number of aromatic nitrogens is 1. The van der Waals surface area contributed by atoms with Crippen molar-refractivity contribution in [3.05, 3.63) is 118 Å². The number of thiazole rings is 1. The van der Waals surface area contributed by atoms with Crippen LogP contribution in [0, 0.1) is 3.57 Å². The monoisotopic (exact) mass is 652 g/mol. The zero-order chi connectivity index (χ0) is 27.5.